The number of hydrogen-bond donors (Lipinski definition) is 1. The summed E-state index contributed by atoms with van der Waals surface area (Å²) >= 11 is 7.20. The second kappa shape index (κ2) is 9.82. The number of para-hydroxylation sites is 1. The molecular weight excluding hydrogens is 595 g/mol. The molecule has 2 atom stereocenters. The van der Waals surface area contributed by atoms with Gasteiger partial charge in [-0.3, -0.25) is 4.90 Å². The number of hydrogen-bond acceptors (Lipinski definition) is 8. The second-order valence-electron chi connectivity index (χ2n) is 12.2. The minimum absolute atomic E-state index is 0.146. The molecule has 0 amide bonds. The van der Waals surface area contributed by atoms with E-state index in [0.29, 0.717) is 40.1 Å². The van der Waals surface area contributed by atoms with Gasteiger partial charge in [0.15, 0.2) is 11.5 Å². The number of rotatable bonds is 7. The van der Waals surface area contributed by atoms with Crippen LogP contribution >= 0.6 is 22.9 Å². The number of anilines is 1. The number of thiophene rings is 1. The molecule has 1 unspecified atom stereocenters. The molecule has 3 saturated heterocycles. The van der Waals surface area contributed by atoms with E-state index in [4.69, 9.17) is 30.8 Å². The van der Waals surface area contributed by atoms with Gasteiger partial charge in [0.2, 0.25) is 0 Å². The Kier molecular flexibility index (Phi) is 6.21. The van der Waals surface area contributed by atoms with E-state index in [0.717, 1.165) is 67.5 Å². The fraction of sp³-hybridized carbons (Fsp3) is 0.419. The standard InChI is InChI=1S/C31H30ClFN4O5S/c1-30(20-6-5-18(32)11-21(20)33)41-24-4-2-3-22(27(24)42-30)36-9-8-31(17-36)15-35(16-31)14-26-34-28-23(12-25(43-28)29(38)39)37(26)13-19-7-10-40-19/h2-6,11-12,19H,7-10,13-17H2,1H3,(H,38,39)/t19-,30?/m0/s1. The number of carboxylic acids is 1. The summed E-state index contributed by atoms with van der Waals surface area (Å²) in [6.45, 7) is 7.57. The van der Waals surface area contributed by atoms with Crippen LogP contribution in [-0.4, -0.2) is 64.4 Å². The average molecular weight is 625 g/mol. The van der Waals surface area contributed by atoms with Gasteiger partial charge < -0.3 is 28.8 Å². The molecule has 1 spiro atoms. The van der Waals surface area contributed by atoms with Gasteiger partial charge in [-0.1, -0.05) is 17.7 Å². The predicted octanol–water partition coefficient (Wildman–Crippen LogP) is 5.73. The van der Waals surface area contributed by atoms with Crippen LogP contribution in [0.3, 0.4) is 0 Å². The number of fused-ring (bicyclic) bond motifs is 2. The first-order valence-electron chi connectivity index (χ1n) is 14.5. The highest BCUT2D eigenvalue weighted by Crippen LogP contribution is 2.52. The summed E-state index contributed by atoms with van der Waals surface area (Å²) in [5, 5.41) is 9.79. The van der Waals surface area contributed by atoms with Gasteiger partial charge in [0.05, 0.1) is 36.0 Å². The Labute approximate surface area is 256 Å². The van der Waals surface area contributed by atoms with E-state index in [1.165, 1.54) is 17.4 Å². The molecule has 4 aliphatic rings. The van der Waals surface area contributed by atoms with Gasteiger partial charge in [-0.15, -0.1) is 11.3 Å². The van der Waals surface area contributed by atoms with Crippen molar-refractivity contribution < 1.29 is 28.5 Å². The lowest BCUT2D eigenvalue weighted by Crippen LogP contribution is -2.57. The molecule has 0 saturated carbocycles. The van der Waals surface area contributed by atoms with E-state index in [1.54, 1.807) is 25.1 Å². The highest BCUT2D eigenvalue weighted by Gasteiger charge is 2.49. The molecule has 6 heterocycles. The van der Waals surface area contributed by atoms with Gasteiger partial charge >= 0.3 is 5.97 Å². The topological polar surface area (TPSA) is 89.3 Å². The third kappa shape index (κ3) is 4.56. The number of carboxylic acid groups (broad SMARTS) is 1. The van der Waals surface area contributed by atoms with Crippen LogP contribution in [0.1, 0.15) is 40.8 Å². The number of benzene rings is 2. The van der Waals surface area contributed by atoms with Crippen LogP contribution in [0, 0.1) is 11.2 Å². The fourth-order valence-electron chi connectivity index (χ4n) is 6.97. The lowest BCUT2D eigenvalue weighted by atomic mass is 9.79. The largest absolute Gasteiger partial charge is 0.477 e. The molecule has 1 N–H and O–H groups in total. The number of ether oxygens (including phenoxy) is 3. The van der Waals surface area contributed by atoms with Crippen molar-refractivity contribution in [2.24, 2.45) is 5.41 Å². The minimum Gasteiger partial charge on any atom is -0.477 e. The van der Waals surface area contributed by atoms with Gasteiger partial charge in [0.1, 0.15) is 21.3 Å². The van der Waals surface area contributed by atoms with Crippen molar-refractivity contribution in [2.45, 2.75) is 44.7 Å². The van der Waals surface area contributed by atoms with E-state index in [1.807, 2.05) is 18.2 Å². The van der Waals surface area contributed by atoms with Gasteiger partial charge in [-0.25, -0.2) is 14.2 Å². The first kappa shape index (κ1) is 27.2. The summed E-state index contributed by atoms with van der Waals surface area (Å²) in [5.74, 6) is -0.495. The molecule has 8 rings (SSSR count). The van der Waals surface area contributed by atoms with E-state index in [2.05, 4.69) is 14.4 Å². The molecule has 0 radical (unpaired) electrons. The van der Waals surface area contributed by atoms with Crippen LogP contribution in [0.25, 0.3) is 10.3 Å². The Morgan fingerprint density at radius 3 is 2.79 bits per heavy atom. The zero-order chi connectivity index (χ0) is 29.5. The fourth-order valence-corrected chi connectivity index (χ4v) is 8.02. The summed E-state index contributed by atoms with van der Waals surface area (Å²) in [6, 6.07) is 12.1. The summed E-state index contributed by atoms with van der Waals surface area (Å²) in [4.78, 5) is 22.2. The monoisotopic (exact) mass is 624 g/mol. The quantitative estimate of drug-likeness (QED) is 0.279. The zero-order valence-electron chi connectivity index (χ0n) is 23.5. The van der Waals surface area contributed by atoms with Gasteiger partial charge in [-0.2, -0.15) is 0 Å². The SMILES string of the molecule is CC1(c2ccc(Cl)cc2F)Oc2cccc(N3CCC4(CN(Cc5nc6sc(C(=O)O)cc6n5C[C@@H]5CCO5)C4)C3)c2O1. The van der Waals surface area contributed by atoms with Gasteiger partial charge in [-0.05, 0) is 49.2 Å². The Morgan fingerprint density at radius 2 is 2.05 bits per heavy atom. The number of imidazole rings is 1. The van der Waals surface area contributed by atoms with Crippen molar-refractivity contribution in [3.8, 4) is 11.5 Å². The average Bonchev–Trinajstić information content (AvgIpc) is 3.67. The van der Waals surface area contributed by atoms with Crippen LogP contribution < -0.4 is 14.4 Å². The van der Waals surface area contributed by atoms with Crippen LogP contribution in [0.5, 0.6) is 11.5 Å². The Morgan fingerprint density at radius 1 is 1.21 bits per heavy atom. The first-order valence-corrected chi connectivity index (χ1v) is 15.7. The maximum atomic E-state index is 14.8. The molecular formula is C31H30ClFN4O5S. The highest BCUT2D eigenvalue weighted by molar-refractivity contribution is 7.20. The summed E-state index contributed by atoms with van der Waals surface area (Å²) in [6.07, 6.45) is 2.20. The van der Waals surface area contributed by atoms with Crippen molar-refractivity contribution >= 4 is 44.9 Å². The lowest BCUT2D eigenvalue weighted by Gasteiger charge is -2.48. The summed E-state index contributed by atoms with van der Waals surface area (Å²) in [5.41, 5.74) is 2.29. The van der Waals surface area contributed by atoms with Crippen molar-refractivity contribution in [3.05, 3.63) is 69.6 Å². The third-order valence-corrected chi connectivity index (χ3v) is 10.4. The molecule has 0 aliphatic carbocycles. The molecule has 2 aromatic carbocycles. The van der Waals surface area contributed by atoms with Crippen LogP contribution in [-0.2, 0) is 23.6 Å². The predicted molar refractivity (Wildman–Crippen MR) is 160 cm³/mol. The molecule has 3 fully saturated rings. The van der Waals surface area contributed by atoms with Crippen molar-refractivity contribution in [2.75, 3.05) is 37.7 Å². The van der Waals surface area contributed by atoms with Crippen molar-refractivity contribution in [1.82, 2.24) is 14.5 Å². The second-order valence-corrected chi connectivity index (χ2v) is 13.7. The van der Waals surface area contributed by atoms with Crippen molar-refractivity contribution in [1.29, 1.82) is 0 Å². The lowest BCUT2D eigenvalue weighted by molar-refractivity contribution is -0.0705. The molecule has 0 bridgehead atoms. The van der Waals surface area contributed by atoms with Crippen LogP contribution in [0.2, 0.25) is 5.02 Å². The Hall–Kier alpha value is -3.38. The molecule has 2 aromatic heterocycles. The van der Waals surface area contributed by atoms with Crippen molar-refractivity contribution in [3.63, 3.8) is 0 Å². The molecule has 9 nitrogen and oxygen atoms in total. The van der Waals surface area contributed by atoms with E-state index in [9.17, 15) is 14.3 Å². The molecule has 4 aromatic rings. The Bertz CT molecular complexity index is 1770. The maximum Gasteiger partial charge on any atom is 0.346 e. The molecule has 43 heavy (non-hydrogen) atoms. The third-order valence-electron chi connectivity index (χ3n) is 9.16. The number of halogens is 2. The zero-order valence-corrected chi connectivity index (χ0v) is 25.1. The van der Waals surface area contributed by atoms with E-state index < -0.39 is 17.6 Å². The van der Waals surface area contributed by atoms with E-state index in [-0.39, 0.29) is 11.5 Å². The summed E-state index contributed by atoms with van der Waals surface area (Å²) < 4.78 is 35.2. The minimum atomic E-state index is -1.29. The molecule has 12 heteroatoms. The maximum absolute atomic E-state index is 14.8. The number of carbonyl (C=O) groups is 1. The number of aromatic nitrogens is 2. The number of aromatic carboxylic acids is 1. The highest BCUT2D eigenvalue weighted by atomic mass is 35.5. The van der Waals surface area contributed by atoms with Gasteiger partial charge in [0, 0.05) is 50.1 Å². The van der Waals surface area contributed by atoms with E-state index >= 15 is 0 Å². The van der Waals surface area contributed by atoms with Crippen LogP contribution in [0.15, 0.2) is 42.5 Å². The number of likely N-dealkylation sites (tertiary alicyclic amines) is 1. The smallest absolute Gasteiger partial charge is 0.346 e. The van der Waals surface area contributed by atoms with Gasteiger partial charge in [0.25, 0.3) is 5.79 Å². The number of nitrogens with zero attached hydrogens (tertiary/aromatic N) is 4. The molecule has 224 valence electrons. The molecule has 4 aliphatic heterocycles. The van der Waals surface area contributed by atoms with Crippen LogP contribution in [0.4, 0.5) is 10.1 Å². The first-order chi connectivity index (χ1) is 20.7. The Balaban J connectivity index is 0.969. The normalized spacial score (nSPS) is 24.1. The summed E-state index contributed by atoms with van der Waals surface area (Å²) in [7, 11) is 0.